The van der Waals surface area contributed by atoms with Crippen molar-refractivity contribution < 1.29 is 4.74 Å². The lowest BCUT2D eigenvalue weighted by molar-refractivity contribution is 0.481. The minimum absolute atomic E-state index is 0.120. The van der Waals surface area contributed by atoms with Gasteiger partial charge in [-0.2, -0.15) is 0 Å². The second-order valence-corrected chi connectivity index (χ2v) is 9.98. The van der Waals surface area contributed by atoms with Gasteiger partial charge in [0.1, 0.15) is 17.3 Å². The van der Waals surface area contributed by atoms with Crippen molar-refractivity contribution in [1.29, 1.82) is 0 Å². The standard InChI is InChI=1S/C30H26N4O/c1-30(2)25-10-5-9-24-23-13-12-22(18-27(23)34(28(24)25)29-26(30)11-6-14-31-29)35-21-8-4-7-20(17-21)33-16-15-32(3)19-33/h4-18H,19H2,1-3H3. The molecule has 0 saturated heterocycles. The van der Waals surface area contributed by atoms with Gasteiger partial charge in [0.15, 0.2) is 0 Å². The van der Waals surface area contributed by atoms with E-state index in [-0.39, 0.29) is 5.41 Å². The average Bonchev–Trinajstić information content (AvgIpc) is 3.44. The summed E-state index contributed by atoms with van der Waals surface area (Å²) in [4.78, 5) is 9.19. The van der Waals surface area contributed by atoms with Crippen molar-refractivity contribution in [2.24, 2.45) is 0 Å². The lowest BCUT2D eigenvalue weighted by Gasteiger charge is -2.33. The smallest absolute Gasteiger partial charge is 0.141 e. The van der Waals surface area contributed by atoms with E-state index in [0.29, 0.717) is 0 Å². The summed E-state index contributed by atoms with van der Waals surface area (Å²) in [6.45, 7) is 5.41. The molecular weight excluding hydrogens is 432 g/mol. The molecule has 0 spiro atoms. The van der Waals surface area contributed by atoms with Gasteiger partial charge in [0.25, 0.3) is 0 Å². The maximum Gasteiger partial charge on any atom is 0.141 e. The minimum atomic E-state index is -0.120. The highest BCUT2D eigenvalue weighted by molar-refractivity contribution is 6.11. The Balaban J connectivity index is 1.37. The highest BCUT2D eigenvalue weighted by atomic mass is 16.5. The summed E-state index contributed by atoms with van der Waals surface area (Å²) >= 11 is 0. The van der Waals surface area contributed by atoms with Crippen LogP contribution in [0, 0.1) is 0 Å². The Bertz CT molecular complexity index is 1660. The molecule has 3 aromatic carbocycles. The summed E-state index contributed by atoms with van der Waals surface area (Å²) < 4.78 is 8.70. The van der Waals surface area contributed by atoms with E-state index < -0.39 is 0 Å². The number of para-hydroxylation sites is 1. The number of benzene rings is 3. The summed E-state index contributed by atoms with van der Waals surface area (Å²) in [6, 6.07) is 25.5. The first kappa shape index (κ1) is 20.2. The van der Waals surface area contributed by atoms with Crippen LogP contribution in [-0.2, 0) is 5.41 Å². The molecule has 0 aliphatic carbocycles. The number of ether oxygens (including phenoxy) is 1. The maximum absolute atomic E-state index is 6.39. The van der Waals surface area contributed by atoms with Crippen LogP contribution in [0.25, 0.3) is 27.6 Å². The molecule has 7 rings (SSSR count). The van der Waals surface area contributed by atoms with Crippen molar-refractivity contribution >= 4 is 27.5 Å². The van der Waals surface area contributed by atoms with Crippen molar-refractivity contribution in [1.82, 2.24) is 14.5 Å². The number of rotatable bonds is 3. The summed E-state index contributed by atoms with van der Waals surface area (Å²) in [7, 11) is 2.07. The van der Waals surface area contributed by atoms with Crippen LogP contribution < -0.4 is 9.64 Å². The van der Waals surface area contributed by atoms with Gasteiger partial charge in [-0.15, -0.1) is 0 Å². The van der Waals surface area contributed by atoms with E-state index in [1.54, 1.807) is 0 Å². The van der Waals surface area contributed by atoms with E-state index in [4.69, 9.17) is 9.72 Å². The molecule has 2 aliphatic rings. The van der Waals surface area contributed by atoms with E-state index in [1.165, 1.54) is 27.4 Å². The highest BCUT2D eigenvalue weighted by Crippen LogP contribution is 2.47. The molecule has 5 heteroatoms. The highest BCUT2D eigenvalue weighted by Gasteiger charge is 2.35. The zero-order valence-electron chi connectivity index (χ0n) is 20.1. The van der Waals surface area contributed by atoms with Crippen molar-refractivity contribution in [2.45, 2.75) is 19.3 Å². The van der Waals surface area contributed by atoms with E-state index in [2.05, 4.69) is 102 Å². The molecule has 0 amide bonds. The molecule has 2 aromatic heterocycles. The molecule has 0 unspecified atom stereocenters. The molecule has 5 aromatic rings. The lowest BCUT2D eigenvalue weighted by Crippen LogP contribution is -2.26. The maximum atomic E-state index is 6.39. The second-order valence-electron chi connectivity index (χ2n) is 9.98. The predicted octanol–water partition coefficient (Wildman–Crippen LogP) is 6.79. The lowest BCUT2D eigenvalue weighted by atomic mass is 9.76. The first-order valence-corrected chi connectivity index (χ1v) is 12.0. The monoisotopic (exact) mass is 458 g/mol. The third-order valence-electron chi connectivity index (χ3n) is 7.37. The van der Waals surface area contributed by atoms with E-state index >= 15 is 0 Å². The van der Waals surface area contributed by atoms with Gasteiger partial charge in [-0.05, 0) is 35.9 Å². The number of anilines is 1. The third-order valence-corrected chi connectivity index (χ3v) is 7.37. The fraction of sp³-hybridized carbons (Fsp3) is 0.167. The fourth-order valence-electron chi connectivity index (χ4n) is 5.60. The molecule has 4 heterocycles. The minimum Gasteiger partial charge on any atom is -0.457 e. The molecule has 0 bridgehead atoms. The number of nitrogens with zero attached hydrogens (tertiary/aromatic N) is 4. The Morgan fingerprint density at radius 3 is 2.51 bits per heavy atom. The number of fused-ring (bicyclic) bond motifs is 5. The van der Waals surface area contributed by atoms with Crippen LogP contribution >= 0.6 is 0 Å². The Hall–Kier alpha value is -4.25. The van der Waals surface area contributed by atoms with E-state index in [9.17, 15) is 0 Å². The number of hydrogen-bond acceptors (Lipinski definition) is 4. The Morgan fingerprint density at radius 2 is 1.66 bits per heavy atom. The van der Waals surface area contributed by atoms with Gasteiger partial charge in [-0.1, -0.05) is 44.2 Å². The van der Waals surface area contributed by atoms with Gasteiger partial charge in [-0.3, -0.25) is 4.57 Å². The summed E-state index contributed by atoms with van der Waals surface area (Å²) in [6.07, 6.45) is 6.05. The molecule has 0 fully saturated rings. The Kier molecular flexibility index (Phi) is 4.10. The van der Waals surface area contributed by atoms with Gasteiger partial charge in [0.05, 0.1) is 17.7 Å². The molecule has 0 saturated carbocycles. The van der Waals surface area contributed by atoms with E-state index in [1.807, 2.05) is 24.4 Å². The van der Waals surface area contributed by atoms with Gasteiger partial charge >= 0.3 is 0 Å². The van der Waals surface area contributed by atoms with E-state index in [0.717, 1.165) is 35.2 Å². The Morgan fingerprint density at radius 1 is 0.829 bits per heavy atom. The van der Waals surface area contributed by atoms with Crippen molar-refractivity contribution in [3.63, 3.8) is 0 Å². The van der Waals surface area contributed by atoms with Crippen LogP contribution in [-0.4, -0.2) is 28.2 Å². The number of pyridine rings is 1. The van der Waals surface area contributed by atoms with Crippen LogP contribution in [0.2, 0.25) is 0 Å². The summed E-state index contributed by atoms with van der Waals surface area (Å²) in [5, 5.41) is 2.46. The largest absolute Gasteiger partial charge is 0.457 e. The zero-order valence-corrected chi connectivity index (χ0v) is 20.1. The van der Waals surface area contributed by atoms with Crippen LogP contribution in [0.4, 0.5) is 5.69 Å². The fourth-order valence-corrected chi connectivity index (χ4v) is 5.60. The van der Waals surface area contributed by atoms with Crippen LogP contribution in [0.3, 0.4) is 0 Å². The van der Waals surface area contributed by atoms with Gasteiger partial charge < -0.3 is 14.5 Å². The predicted molar refractivity (Wildman–Crippen MR) is 141 cm³/mol. The summed E-state index contributed by atoms with van der Waals surface area (Å²) in [5.74, 6) is 2.63. The average molecular weight is 459 g/mol. The van der Waals surface area contributed by atoms with Crippen LogP contribution in [0.5, 0.6) is 11.5 Å². The quantitative estimate of drug-likeness (QED) is 0.298. The third kappa shape index (κ3) is 2.91. The van der Waals surface area contributed by atoms with Gasteiger partial charge in [0.2, 0.25) is 0 Å². The molecule has 5 nitrogen and oxygen atoms in total. The molecular formula is C30H26N4O. The zero-order chi connectivity index (χ0) is 23.7. The first-order chi connectivity index (χ1) is 17.0. The van der Waals surface area contributed by atoms with Gasteiger partial charge in [-0.25, -0.2) is 4.98 Å². The van der Waals surface area contributed by atoms with Gasteiger partial charge in [0, 0.05) is 65.2 Å². The van der Waals surface area contributed by atoms with Crippen molar-refractivity contribution in [2.75, 3.05) is 18.6 Å². The summed E-state index contributed by atoms with van der Waals surface area (Å²) in [5.41, 5.74) is 5.90. The molecule has 0 N–H and O–H groups in total. The van der Waals surface area contributed by atoms with Crippen LogP contribution in [0.15, 0.2) is 91.4 Å². The second kappa shape index (κ2) is 7.12. The molecule has 35 heavy (non-hydrogen) atoms. The SMILES string of the molecule is CN1C=CN(c2cccc(Oc3ccc4c5cccc6c5n(c4c3)-c3ncccc3C6(C)C)c2)C1. The topological polar surface area (TPSA) is 33.5 Å². The number of hydrogen-bond donors (Lipinski definition) is 0. The molecule has 0 radical (unpaired) electrons. The first-order valence-electron chi connectivity index (χ1n) is 12.0. The molecule has 172 valence electrons. The van der Waals surface area contributed by atoms with Crippen molar-refractivity contribution in [3.8, 4) is 17.3 Å². The molecule has 2 aliphatic heterocycles. The van der Waals surface area contributed by atoms with Crippen LogP contribution in [0.1, 0.15) is 25.0 Å². The van der Waals surface area contributed by atoms with Crippen molar-refractivity contribution in [3.05, 3.63) is 103 Å². The molecule has 0 atom stereocenters. The Labute approximate surface area is 204 Å². The normalized spacial score (nSPS) is 15.7. The number of aromatic nitrogens is 2.